The van der Waals surface area contributed by atoms with Crippen molar-refractivity contribution in [2.75, 3.05) is 0 Å². The van der Waals surface area contributed by atoms with Crippen molar-refractivity contribution in [1.29, 1.82) is 0 Å². The number of aldehydes is 1. The van der Waals surface area contributed by atoms with E-state index >= 15 is 0 Å². The van der Waals surface area contributed by atoms with E-state index in [1.54, 1.807) is 6.92 Å². The Kier molecular flexibility index (Phi) is 3.51. The minimum atomic E-state index is -0.585. The van der Waals surface area contributed by atoms with Crippen LogP contribution in [-0.4, -0.2) is 21.4 Å². The van der Waals surface area contributed by atoms with Gasteiger partial charge in [0.25, 0.3) is 11.6 Å². The van der Waals surface area contributed by atoms with E-state index < -0.39 is 4.92 Å². The van der Waals surface area contributed by atoms with Crippen molar-refractivity contribution >= 4 is 12.0 Å². The zero-order chi connectivity index (χ0) is 13.8. The highest BCUT2D eigenvalue weighted by Gasteiger charge is 2.12. The van der Waals surface area contributed by atoms with Crippen LogP contribution in [0.5, 0.6) is 5.75 Å². The molecule has 2 rings (SSSR count). The lowest BCUT2D eigenvalue weighted by Gasteiger charge is -2.05. The lowest BCUT2D eigenvalue weighted by molar-refractivity contribution is -0.384. The molecule has 0 aliphatic rings. The van der Waals surface area contributed by atoms with E-state index in [2.05, 4.69) is 10.1 Å². The third-order valence-corrected chi connectivity index (χ3v) is 2.25. The zero-order valence-electron chi connectivity index (χ0n) is 9.90. The molecule has 0 N–H and O–H groups in total. The molecule has 0 aliphatic carbocycles. The maximum atomic E-state index is 10.9. The van der Waals surface area contributed by atoms with Gasteiger partial charge in [0.15, 0.2) is 18.7 Å². The van der Waals surface area contributed by atoms with Gasteiger partial charge in [-0.2, -0.15) is 4.98 Å². The molecular formula is C11H9N3O5. The molecule has 0 amide bonds. The number of nitro groups is 1. The second kappa shape index (κ2) is 5.25. The Morgan fingerprint density at radius 2 is 2.32 bits per heavy atom. The van der Waals surface area contributed by atoms with E-state index in [1.807, 2.05) is 0 Å². The number of benzene rings is 1. The Balaban J connectivity index is 2.15. The number of aryl methyl sites for hydroxylation is 1. The van der Waals surface area contributed by atoms with Crippen LogP contribution in [-0.2, 0) is 6.61 Å². The van der Waals surface area contributed by atoms with E-state index in [9.17, 15) is 14.9 Å². The maximum Gasteiger partial charge on any atom is 0.270 e. The van der Waals surface area contributed by atoms with Gasteiger partial charge in [0.1, 0.15) is 5.75 Å². The second-order valence-electron chi connectivity index (χ2n) is 3.62. The Labute approximate surface area is 107 Å². The smallest absolute Gasteiger partial charge is 0.270 e. The van der Waals surface area contributed by atoms with E-state index in [-0.39, 0.29) is 29.5 Å². The number of nitro benzene ring substituents is 1. The SMILES string of the molecule is Cc1noc(COc2ccc([N+](=O)[O-])cc2C=O)n1. The van der Waals surface area contributed by atoms with Crippen molar-refractivity contribution < 1.29 is 19.0 Å². The molecule has 8 nitrogen and oxygen atoms in total. The number of nitrogens with zero attached hydrogens (tertiary/aromatic N) is 3. The highest BCUT2D eigenvalue weighted by Crippen LogP contribution is 2.23. The summed E-state index contributed by atoms with van der Waals surface area (Å²) in [5, 5.41) is 14.2. The Bertz CT molecular complexity index is 623. The van der Waals surface area contributed by atoms with Crippen LogP contribution in [0.1, 0.15) is 22.1 Å². The maximum absolute atomic E-state index is 10.9. The summed E-state index contributed by atoms with van der Waals surface area (Å²) in [4.78, 5) is 24.8. The molecule has 0 atom stereocenters. The molecule has 0 saturated carbocycles. The average molecular weight is 263 g/mol. The lowest BCUT2D eigenvalue weighted by atomic mass is 10.2. The Morgan fingerprint density at radius 3 is 2.89 bits per heavy atom. The molecule has 1 heterocycles. The summed E-state index contributed by atoms with van der Waals surface area (Å²) in [6.45, 7) is 1.65. The first kappa shape index (κ1) is 12.7. The summed E-state index contributed by atoms with van der Waals surface area (Å²) < 4.78 is 10.2. The molecule has 8 heteroatoms. The van der Waals surface area contributed by atoms with Crippen LogP contribution in [0.4, 0.5) is 5.69 Å². The average Bonchev–Trinajstić information content (AvgIpc) is 2.81. The molecule has 0 aliphatic heterocycles. The highest BCUT2D eigenvalue weighted by atomic mass is 16.6. The number of aromatic nitrogens is 2. The topological polar surface area (TPSA) is 108 Å². The first-order valence-electron chi connectivity index (χ1n) is 5.26. The first-order valence-corrected chi connectivity index (χ1v) is 5.26. The fourth-order valence-corrected chi connectivity index (χ4v) is 1.41. The molecule has 1 aromatic heterocycles. The molecule has 0 fully saturated rings. The number of carbonyl (C=O) groups excluding carboxylic acids is 1. The zero-order valence-corrected chi connectivity index (χ0v) is 9.90. The number of non-ortho nitro benzene ring substituents is 1. The number of carbonyl (C=O) groups is 1. The summed E-state index contributed by atoms with van der Waals surface area (Å²) in [5.41, 5.74) is -0.0893. The summed E-state index contributed by atoms with van der Waals surface area (Å²) >= 11 is 0. The molecular weight excluding hydrogens is 254 g/mol. The molecule has 2 aromatic rings. The predicted molar refractivity (Wildman–Crippen MR) is 61.9 cm³/mol. The Hall–Kier alpha value is -2.77. The summed E-state index contributed by atoms with van der Waals surface area (Å²) in [7, 11) is 0. The van der Waals surface area contributed by atoms with Crippen molar-refractivity contribution in [2.45, 2.75) is 13.5 Å². The fraction of sp³-hybridized carbons (Fsp3) is 0.182. The van der Waals surface area contributed by atoms with Crippen LogP contribution < -0.4 is 4.74 Å². The van der Waals surface area contributed by atoms with Gasteiger partial charge in [0, 0.05) is 12.1 Å². The molecule has 0 saturated heterocycles. The largest absolute Gasteiger partial charge is 0.483 e. The van der Waals surface area contributed by atoms with Gasteiger partial charge in [-0.05, 0) is 13.0 Å². The minimum absolute atomic E-state index is 0.0144. The van der Waals surface area contributed by atoms with E-state index in [1.165, 1.54) is 12.1 Å². The quantitative estimate of drug-likeness (QED) is 0.458. The van der Waals surface area contributed by atoms with Crippen LogP contribution >= 0.6 is 0 Å². The fourth-order valence-electron chi connectivity index (χ4n) is 1.41. The van der Waals surface area contributed by atoms with Gasteiger partial charge in [-0.15, -0.1) is 0 Å². The summed E-state index contributed by atoms with van der Waals surface area (Å²) in [5.74, 6) is 0.946. The number of hydrogen-bond acceptors (Lipinski definition) is 7. The highest BCUT2D eigenvalue weighted by molar-refractivity contribution is 5.80. The Morgan fingerprint density at radius 1 is 1.53 bits per heavy atom. The molecule has 0 unspecified atom stereocenters. The van der Waals surface area contributed by atoms with Crippen LogP contribution in [0.25, 0.3) is 0 Å². The number of hydrogen-bond donors (Lipinski definition) is 0. The number of ether oxygens (including phenoxy) is 1. The standard InChI is InChI=1S/C11H9N3O5/c1-7-12-11(19-13-7)6-18-10-3-2-9(14(16)17)4-8(10)5-15/h2-5H,6H2,1H3. The minimum Gasteiger partial charge on any atom is -0.483 e. The third-order valence-electron chi connectivity index (χ3n) is 2.25. The van der Waals surface area contributed by atoms with Gasteiger partial charge >= 0.3 is 0 Å². The van der Waals surface area contributed by atoms with Gasteiger partial charge in [0.05, 0.1) is 10.5 Å². The monoisotopic (exact) mass is 263 g/mol. The van der Waals surface area contributed by atoms with Crippen molar-refractivity contribution in [3.8, 4) is 5.75 Å². The number of rotatable bonds is 5. The van der Waals surface area contributed by atoms with E-state index in [0.29, 0.717) is 12.1 Å². The van der Waals surface area contributed by atoms with Gasteiger partial charge in [-0.25, -0.2) is 0 Å². The van der Waals surface area contributed by atoms with E-state index in [4.69, 9.17) is 9.26 Å². The molecule has 98 valence electrons. The second-order valence-corrected chi connectivity index (χ2v) is 3.62. The van der Waals surface area contributed by atoms with Crippen molar-refractivity contribution in [2.24, 2.45) is 0 Å². The summed E-state index contributed by atoms with van der Waals surface area (Å²) in [6, 6.07) is 3.74. The van der Waals surface area contributed by atoms with Crippen LogP contribution in [0.15, 0.2) is 22.7 Å². The molecule has 1 aromatic carbocycles. The van der Waals surface area contributed by atoms with Gasteiger partial charge in [0.2, 0.25) is 0 Å². The lowest BCUT2D eigenvalue weighted by Crippen LogP contribution is -1.99. The van der Waals surface area contributed by atoms with Crippen LogP contribution in [0.3, 0.4) is 0 Å². The van der Waals surface area contributed by atoms with Crippen molar-refractivity contribution in [1.82, 2.24) is 10.1 Å². The van der Waals surface area contributed by atoms with Crippen molar-refractivity contribution in [3.05, 3.63) is 45.6 Å². The van der Waals surface area contributed by atoms with Crippen LogP contribution in [0, 0.1) is 17.0 Å². The predicted octanol–water partition coefficient (Wildman–Crippen LogP) is 1.68. The molecule has 0 bridgehead atoms. The normalized spacial score (nSPS) is 10.2. The van der Waals surface area contributed by atoms with Crippen molar-refractivity contribution in [3.63, 3.8) is 0 Å². The molecule has 19 heavy (non-hydrogen) atoms. The van der Waals surface area contributed by atoms with Gasteiger partial charge < -0.3 is 9.26 Å². The molecule has 0 radical (unpaired) electrons. The summed E-state index contributed by atoms with van der Waals surface area (Å²) in [6.07, 6.45) is 0.487. The third kappa shape index (κ3) is 2.92. The first-order chi connectivity index (χ1) is 9.10. The molecule has 0 spiro atoms. The van der Waals surface area contributed by atoms with Gasteiger partial charge in [-0.1, -0.05) is 5.16 Å². The van der Waals surface area contributed by atoms with Crippen LogP contribution in [0.2, 0.25) is 0 Å². The van der Waals surface area contributed by atoms with E-state index in [0.717, 1.165) is 6.07 Å². The van der Waals surface area contributed by atoms with Gasteiger partial charge in [-0.3, -0.25) is 14.9 Å².